The Bertz CT molecular complexity index is 672. The normalized spacial score (nSPS) is 15.0. The number of pyridine rings is 1. The molecule has 7 heteroatoms. The third kappa shape index (κ3) is 2.69. The summed E-state index contributed by atoms with van der Waals surface area (Å²) in [4.78, 5) is 18.7. The molecule has 22 heavy (non-hydrogen) atoms. The highest BCUT2D eigenvalue weighted by Crippen LogP contribution is 2.31. The monoisotopic (exact) mass is 302 g/mol. The minimum atomic E-state index is -0.555. The summed E-state index contributed by atoms with van der Waals surface area (Å²) >= 11 is 0. The average Bonchev–Trinajstić information content (AvgIpc) is 2.55. The Balaban J connectivity index is 1.79. The fourth-order valence-electron chi connectivity index (χ4n) is 2.66. The summed E-state index contributed by atoms with van der Waals surface area (Å²) in [5.41, 5.74) is -0.112. The lowest BCUT2D eigenvalue weighted by Crippen LogP contribution is -2.47. The molecule has 0 saturated carbocycles. The van der Waals surface area contributed by atoms with Crippen LogP contribution in [0.3, 0.4) is 0 Å². The summed E-state index contributed by atoms with van der Waals surface area (Å²) < 4.78 is 14.0. The van der Waals surface area contributed by atoms with Gasteiger partial charge in [-0.2, -0.15) is 0 Å². The Morgan fingerprint density at radius 2 is 1.77 bits per heavy atom. The zero-order valence-corrected chi connectivity index (χ0v) is 11.9. The fourth-order valence-corrected chi connectivity index (χ4v) is 2.66. The van der Waals surface area contributed by atoms with Gasteiger partial charge in [0.25, 0.3) is 5.69 Å². The van der Waals surface area contributed by atoms with E-state index in [2.05, 4.69) is 9.88 Å². The van der Waals surface area contributed by atoms with Crippen LogP contribution in [-0.4, -0.2) is 36.1 Å². The van der Waals surface area contributed by atoms with Gasteiger partial charge in [0.05, 0.1) is 4.92 Å². The molecule has 2 aromatic rings. The van der Waals surface area contributed by atoms with Gasteiger partial charge in [0.1, 0.15) is 5.82 Å². The third-order valence-electron chi connectivity index (χ3n) is 3.73. The number of anilines is 2. The van der Waals surface area contributed by atoms with Crippen molar-refractivity contribution >= 4 is 17.2 Å². The van der Waals surface area contributed by atoms with E-state index >= 15 is 0 Å². The number of nitro groups is 1. The van der Waals surface area contributed by atoms with Gasteiger partial charge in [0.2, 0.25) is 0 Å². The van der Waals surface area contributed by atoms with E-state index in [-0.39, 0.29) is 11.4 Å². The van der Waals surface area contributed by atoms with E-state index in [0.717, 1.165) is 5.82 Å². The van der Waals surface area contributed by atoms with Crippen LogP contribution in [0.5, 0.6) is 0 Å². The molecule has 2 heterocycles. The van der Waals surface area contributed by atoms with Crippen molar-refractivity contribution in [1.29, 1.82) is 0 Å². The van der Waals surface area contributed by atoms with Gasteiger partial charge in [-0.1, -0.05) is 12.1 Å². The molecule has 114 valence electrons. The molecule has 0 atom stereocenters. The second kappa shape index (κ2) is 5.97. The molecule has 1 fully saturated rings. The number of nitrogens with zero attached hydrogens (tertiary/aromatic N) is 4. The first-order valence-electron chi connectivity index (χ1n) is 7.00. The maximum atomic E-state index is 14.0. The molecule has 1 aromatic carbocycles. The van der Waals surface area contributed by atoms with Crippen LogP contribution in [0.15, 0.2) is 42.6 Å². The van der Waals surface area contributed by atoms with E-state index in [4.69, 9.17) is 0 Å². The quantitative estimate of drug-likeness (QED) is 0.644. The zero-order chi connectivity index (χ0) is 15.5. The molecule has 0 unspecified atom stereocenters. The lowest BCUT2D eigenvalue weighted by Gasteiger charge is -2.36. The summed E-state index contributed by atoms with van der Waals surface area (Å²) in [7, 11) is 0. The van der Waals surface area contributed by atoms with Crippen LogP contribution < -0.4 is 9.80 Å². The van der Waals surface area contributed by atoms with Gasteiger partial charge in [0, 0.05) is 38.4 Å². The van der Waals surface area contributed by atoms with Gasteiger partial charge in [-0.3, -0.25) is 10.1 Å². The molecule has 1 aliphatic heterocycles. The van der Waals surface area contributed by atoms with Gasteiger partial charge < -0.3 is 9.80 Å². The maximum Gasteiger partial charge on any atom is 0.295 e. The standard InChI is InChI=1S/C15H15FN4O2/c16-12-4-3-5-13(20(21)22)15(12)19-10-8-18(9-11-19)14-6-1-2-7-17-14/h1-7H,8-11H2. The first kappa shape index (κ1) is 14.2. The second-order valence-corrected chi connectivity index (χ2v) is 5.03. The van der Waals surface area contributed by atoms with Crippen molar-refractivity contribution in [2.24, 2.45) is 0 Å². The minimum absolute atomic E-state index is 0.0770. The number of nitro benzene ring substituents is 1. The predicted molar refractivity (Wildman–Crippen MR) is 81.7 cm³/mol. The van der Waals surface area contributed by atoms with Crippen molar-refractivity contribution in [2.45, 2.75) is 0 Å². The molecule has 1 aliphatic rings. The molecule has 0 N–H and O–H groups in total. The van der Waals surface area contributed by atoms with Crippen LogP contribution in [0.2, 0.25) is 0 Å². The van der Waals surface area contributed by atoms with E-state index < -0.39 is 10.7 Å². The molecule has 0 spiro atoms. The molecule has 0 radical (unpaired) electrons. The van der Waals surface area contributed by atoms with E-state index in [1.807, 2.05) is 18.2 Å². The Morgan fingerprint density at radius 3 is 2.41 bits per heavy atom. The fraction of sp³-hybridized carbons (Fsp3) is 0.267. The Labute approximate surface area is 127 Å². The lowest BCUT2D eigenvalue weighted by atomic mass is 10.2. The van der Waals surface area contributed by atoms with Crippen molar-refractivity contribution in [2.75, 3.05) is 36.0 Å². The van der Waals surface area contributed by atoms with Crippen LogP contribution in [-0.2, 0) is 0 Å². The van der Waals surface area contributed by atoms with Crippen molar-refractivity contribution < 1.29 is 9.31 Å². The van der Waals surface area contributed by atoms with Gasteiger partial charge >= 0.3 is 0 Å². The van der Waals surface area contributed by atoms with Crippen molar-refractivity contribution in [3.63, 3.8) is 0 Å². The zero-order valence-electron chi connectivity index (χ0n) is 11.9. The van der Waals surface area contributed by atoms with Crippen molar-refractivity contribution in [3.05, 3.63) is 58.5 Å². The Morgan fingerprint density at radius 1 is 1.05 bits per heavy atom. The molecule has 0 aliphatic carbocycles. The second-order valence-electron chi connectivity index (χ2n) is 5.03. The van der Waals surface area contributed by atoms with E-state index in [1.54, 1.807) is 11.1 Å². The maximum absolute atomic E-state index is 14.0. The molecule has 0 amide bonds. The smallest absolute Gasteiger partial charge is 0.295 e. The van der Waals surface area contributed by atoms with E-state index in [0.29, 0.717) is 26.2 Å². The van der Waals surface area contributed by atoms with Gasteiger partial charge in [0.15, 0.2) is 11.5 Å². The summed E-state index contributed by atoms with van der Waals surface area (Å²) in [6.45, 7) is 2.31. The molecule has 1 aromatic heterocycles. The Hall–Kier alpha value is -2.70. The number of halogens is 1. The summed E-state index contributed by atoms with van der Waals surface area (Å²) in [6.07, 6.45) is 1.73. The highest BCUT2D eigenvalue weighted by Gasteiger charge is 2.27. The largest absolute Gasteiger partial charge is 0.360 e. The van der Waals surface area contributed by atoms with Gasteiger partial charge in [-0.15, -0.1) is 0 Å². The highest BCUT2D eigenvalue weighted by molar-refractivity contribution is 5.64. The number of benzene rings is 1. The van der Waals surface area contributed by atoms with Gasteiger partial charge in [-0.25, -0.2) is 9.37 Å². The van der Waals surface area contributed by atoms with Crippen molar-refractivity contribution in [3.8, 4) is 0 Å². The summed E-state index contributed by atoms with van der Waals surface area (Å²) in [6, 6.07) is 9.64. The first-order valence-corrected chi connectivity index (χ1v) is 7.00. The summed E-state index contributed by atoms with van der Waals surface area (Å²) in [5, 5.41) is 11.1. The molecular weight excluding hydrogens is 287 g/mol. The molecule has 3 rings (SSSR count). The summed E-state index contributed by atoms with van der Waals surface area (Å²) in [5.74, 6) is 0.311. The molecule has 1 saturated heterocycles. The van der Waals surface area contributed by atoms with Crippen LogP contribution >= 0.6 is 0 Å². The molecular formula is C15H15FN4O2. The number of hydrogen-bond donors (Lipinski definition) is 0. The highest BCUT2D eigenvalue weighted by atomic mass is 19.1. The van der Waals surface area contributed by atoms with Gasteiger partial charge in [-0.05, 0) is 18.2 Å². The number of piperazine rings is 1. The van der Waals surface area contributed by atoms with Crippen LogP contribution in [0.25, 0.3) is 0 Å². The number of rotatable bonds is 3. The number of aromatic nitrogens is 1. The van der Waals surface area contributed by atoms with E-state index in [1.165, 1.54) is 18.2 Å². The number of para-hydroxylation sites is 1. The van der Waals surface area contributed by atoms with Crippen molar-refractivity contribution in [1.82, 2.24) is 4.98 Å². The van der Waals surface area contributed by atoms with Crippen LogP contribution in [0.1, 0.15) is 0 Å². The molecule has 0 bridgehead atoms. The SMILES string of the molecule is O=[N+]([O-])c1cccc(F)c1N1CCN(c2ccccn2)CC1. The van der Waals surface area contributed by atoms with E-state index in [9.17, 15) is 14.5 Å². The van der Waals surface area contributed by atoms with Crippen LogP contribution in [0.4, 0.5) is 21.6 Å². The predicted octanol–water partition coefficient (Wildman–Crippen LogP) is 2.46. The average molecular weight is 302 g/mol. The Kier molecular flexibility index (Phi) is 3.86. The molecule has 6 nitrogen and oxygen atoms in total. The van der Waals surface area contributed by atoms with Crippen LogP contribution in [0, 0.1) is 15.9 Å². The first-order chi connectivity index (χ1) is 10.7. The number of hydrogen-bond acceptors (Lipinski definition) is 5. The lowest BCUT2D eigenvalue weighted by molar-refractivity contribution is -0.384. The minimum Gasteiger partial charge on any atom is -0.360 e. The third-order valence-corrected chi connectivity index (χ3v) is 3.73. The topological polar surface area (TPSA) is 62.5 Å².